The Morgan fingerprint density at radius 2 is 2.00 bits per heavy atom. The zero-order valence-corrected chi connectivity index (χ0v) is 9.90. The molecule has 0 aliphatic carbocycles. The maximum atomic E-state index is 12.1. The second-order valence-electron chi connectivity index (χ2n) is 3.21. The number of hydrogen-bond donors (Lipinski definition) is 1. The normalized spacial score (nSPS) is 12.9. The molecule has 0 amide bonds. The van der Waals surface area contributed by atoms with Crippen molar-refractivity contribution in [2.24, 2.45) is 0 Å². The minimum atomic E-state index is -4.93. The summed E-state index contributed by atoms with van der Waals surface area (Å²) in [6, 6.07) is 1.64. The summed E-state index contributed by atoms with van der Waals surface area (Å²) >= 11 is 0. The third-order valence-electron chi connectivity index (χ3n) is 1.96. The van der Waals surface area contributed by atoms with Gasteiger partial charge in [0.05, 0.1) is 11.8 Å². The number of nitrogens with one attached hydrogen (secondary N) is 1. The molecule has 0 aliphatic heterocycles. The Morgan fingerprint density at radius 1 is 1.33 bits per heavy atom. The van der Waals surface area contributed by atoms with Crippen molar-refractivity contribution in [1.82, 2.24) is 9.97 Å². The van der Waals surface area contributed by atoms with E-state index in [0.29, 0.717) is 6.07 Å². The van der Waals surface area contributed by atoms with Crippen molar-refractivity contribution in [3.05, 3.63) is 18.5 Å². The van der Waals surface area contributed by atoms with Crippen LogP contribution in [0.15, 0.2) is 23.4 Å². The standard InChI is InChI=1S/C8H4ClF3N2O3S/c9-18(15,16)6-2-4(17-8(10,11)12)1-5-7(6)14-3-13-5/h1-3H,(H,13,14). The maximum absolute atomic E-state index is 12.1. The van der Waals surface area contributed by atoms with Gasteiger partial charge in [-0.25, -0.2) is 13.4 Å². The number of rotatable bonds is 2. The van der Waals surface area contributed by atoms with Crippen LogP contribution in [0.3, 0.4) is 0 Å². The summed E-state index contributed by atoms with van der Waals surface area (Å²) in [4.78, 5) is 5.59. The van der Waals surface area contributed by atoms with Crippen molar-refractivity contribution in [3.63, 3.8) is 0 Å². The van der Waals surface area contributed by atoms with Gasteiger partial charge >= 0.3 is 6.36 Å². The first-order chi connectivity index (χ1) is 8.17. The molecule has 1 heterocycles. The number of fused-ring (bicyclic) bond motifs is 1. The van der Waals surface area contributed by atoms with E-state index in [-0.39, 0.29) is 11.0 Å². The van der Waals surface area contributed by atoms with Gasteiger partial charge in [-0.05, 0) is 0 Å². The molecule has 1 aromatic carbocycles. The van der Waals surface area contributed by atoms with Crippen molar-refractivity contribution in [3.8, 4) is 5.75 Å². The molecule has 1 aromatic heterocycles. The van der Waals surface area contributed by atoms with Crippen LogP contribution in [0.25, 0.3) is 11.0 Å². The number of aromatic nitrogens is 2. The second kappa shape index (κ2) is 4.02. The van der Waals surface area contributed by atoms with E-state index in [2.05, 4.69) is 14.7 Å². The van der Waals surface area contributed by atoms with Crippen molar-refractivity contribution >= 4 is 30.8 Å². The van der Waals surface area contributed by atoms with Crippen LogP contribution in [-0.2, 0) is 9.05 Å². The molecule has 2 aromatic rings. The Balaban J connectivity index is 2.65. The van der Waals surface area contributed by atoms with E-state index in [1.807, 2.05) is 0 Å². The molecule has 0 atom stereocenters. The summed E-state index contributed by atoms with van der Waals surface area (Å²) in [5, 5.41) is 0. The van der Waals surface area contributed by atoms with Crippen LogP contribution in [-0.4, -0.2) is 24.7 Å². The van der Waals surface area contributed by atoms with Gasteiger partial charge in [0.2, 0.25) is 0 Å². The van der Waals surface area contributed by atoms with E-state index in [1.165, 1.54) is 0 Å². The van der Waals surface area contributed by atoms with Gasteiger partial charge in [0, 0.05) is 22.8 Å². The predicted molar refractivity (Wildman–Crippen MR) is 55.8 cm³/mol. The fourth-order valence-electron chi connectivity index (χ4n) is 1.37. The van der Waals surface area contributed by atoms with Crippen LogP contribution < -0.4 is 4.74 Å². The number of ether oxygens (including phenoxy) is 1. The molecular formula is C8H4ClF3N2O3S. The Morgan fingerprint density at radius 3 is 2.56 bits per heavy atom. The maximum Gasteiger partial charge on any atom is 0.573 e. The molecule has 0 saturated carbocycles. The third kappa shape index (κ3) is 2.67. The van der Waals surface area contributed by atoms with Crippen molar-refractivity contribution < 1.29 is 26.3 Å². The Bertz CT molecular complexity index is 695. The van der Waals surface area contributed by atoms with Crippen LogP contribution in [0.4, 0.5) is 13.2 Å². The summed E-state index contributed by atoms with van der Waals surface area (Å²) in [6.45, 7) is 0. The lowest BCUT2D eigenvalue weighted by atomic mass is 10.3. The number of alkyl halides is 3. The molecule has 0 unspecified atom stereocenters. The predicted octanol–water partition coefficient (Wildman–Crippen LogP) is 2.39. The Hall–Kier alpha value is -1.48. The molecule has 2 rings (SSSR count). The van der Waals surface area contributed by atoms with Gasteiger partial charge < -0.3 is 9.72 Å². The Labute approximate surface area is 103 Å². The minimum absolute atomic E-state index is 0.0560. The topological polar surface area (TPSA) is 72.1 Å². The number of halogens is 4. The molecule has 0 saturated heterocycles. The van der Waals surface area contributed by atoms with Gasteiger partial charge in [-0.1, -0.05) is 0 Å². The number of H-pyrrole nitrogens is 1. The molecule has 98 valence electrons. The lowest BCUT2D eigenvalue weighted by molar-refractivity contribution is -0.274. The van der Waals surface area contributed by atoms with Gasteiger partial charge in [-0.2, -0.15) is 0 Å². The lowest BCUT2D eigenvalue weighted by Crippen LogP contribution is -2.17. The highest BCUT2D eigenvalue weighted by atomic mass is 35.7. The fourth-order valence-corrected chi connectivity index (χ4v) is 2.37. The van der Waals surface area contributed by atoms with E-state index < -0.39 is 26.1 Å². The zero-order valence-electron chi connectivity index (χ0n) is 8.32. The molecule has 0 bridgehead atoms. The number of hydrogen-bond acceptors (Lipinski definition) is 4. The van der Waals surface area contributed by atoms with Crippen LogP contribution in [0, 0.1) is 0 Å². The number of imidazole rings is 1. The van der Waals surface area contributed by atoms with E-state index >= 15 is 0 Å². The first-order valence-electron chi connectivity index (χ1n) is 4.34. The van der Waals surface area contributed by atoms with Gasteiger partial charge in [0.25, 0.3) is 9.05 Å². The molecule has 0 aliphatic rings. The van der Waals surface area contributed by atoms with E-state index in [4.69, 9.17) is 10.7 Å². The molecule has 0 spiro atoms. The highest BCUT2D eigenvalue weighted by molar-refractivity contribution is 8.14. The van der Waals surface area contributed by atoms with Crippen LogP contribution in [0.1, 0.15) is 0 Å². The number of benzene rings is 1. The third-order valence-corrected chi connectivity index (χ3v) is 3.29. The molecule has 0 fully saturated rings. The SMILES string of the molecule is O=S(=O)(Cl)c1cc(OC(F)(F)F)cc2[nH]cnc12. The summed E-state index contributed by atoms with van der Waals surface area (Å²) in [6.07, 6.45) is -3.80. The molecule has 1 N–H and O–H groups in total. The van der Waals surface area contributed by atoms with Crippen LogP contribution >= 0.6 is 10.7 Å². The highest BCUT2D eigenvalue weighted by Crippen LogP contribution is 2.31. The molecule has 5 nitrogen and oxygen atoms in total. The first-order valence-corrected chi connectivity index (χ1v) is 6.65. The van der Waals surface area contributed by atoms with Gasteiger partial charge in [0.15, 0.2) is 0 Å². The van der Waals surface area contributed by atoms with Gasteiger partial charge in [0.1, 0.15) is 16.2 Å². The Kier molecular flexibility index (Phi) is 2.90. The average molecular weight is 301 g/mol. The van der Waals surface area contributed by atoms with Crippen LogP contribution in [0.5, 0.6) is 5.75 Å². The summed E-state index contributed by atoms with van der Waals surface area (Å²) < 4.78 is 62.3. The summed E-state index contributed by atoms with van der Waals surface area (Å²) in [5.41, 5.74) is 0.00972. The second-order valence-corrected chi connectivity index (χ2v) is 5.74. The number of nitrogens with zero attached hydrogens (tertiary/aromatic N) is 1. The van der Waals surface area contributed by atoms with Crippen molar-refractivity contribution in [2.45, 2.75) is 11.3 Å². The quantitative estimate of drug-likeness (QED) is 0.864. The minimum Gasteiger partial charge on any atom is -0.406 e. The molecular weight excluding hydrogens is 297 g/mol. The van der Waals surface area contributed by atoms with E-state index in [1.54, 1.807) is 0 Å². The number of aromatic amines is 1. The monoisotopic (exact) mass is 300 g/mol. The highest BCUT2D eigenvalue weighted by Gasteiger charge is 2.32. The van der Waals surface area contributed by atoms with E-state index in [0.717, 1.165) is 12.4 Å². The van der Waals surface area contributed by atoms with Crippen molar-refractivity contribution in [1.29, 1.82) is 0 Å². The molecule has 10 heteroatoms. The molecule has 18 heavy (non-hydrogen) atoms. The van der Waals surface area contributed by atoms with Gasteiger partial charge in [-0.15, -0.1) is 13.2 Å². The van der Waals surface area contributed by atoms with E-state index in [9.17, 15) is 21.6 Å². The zero-order chi connectivity index (χ0) is 13.6. The van der Waals surface area contributed by atoms with Gasteiger partial charge in [-0.3, -0.25) is 0 Å². The first kappa shape index (κ1) is 13.0. The molecule has 0 radical (unpaired) electrons. The lowest BCUT2D eigenvalue weighted by Gasteiger charge is -2.09. The van der Waals surface area contributed by atoms with Crippen molar-refractivity contribution in [2.75, 3.05) is 0 Å². The van der Waals surface area contributed by atoms with Crippen LogP contribution in [0.2, 0.25) is 0 Å². The average Bonchev–Trinajstić information content (AvgIpc) is 2.59. The summed E-state index contributed by atoms with van der Waals surface area (Å²) in [7, 11) is 0.884. The smallest absolute Gasteiger partial charge is 0.406 e. The summed E-state index contributed by atoms with van der Waals surface area (Å²) in [5.74, 6) is -0.696. The fraction of sp³-hybridized carbons (Fsp3) is 0.125. The largest absolute Gasteiger partial charge is 0.573 e.